The van der Waals surface area contributed by atoms with Gasteiger partial charge in [0.2, 0.25) is 11.8 Å². The summed E-state index contributed by atoms with van der Waals surface area (Å²) in [5.74, 6) is -0.337. The maximum absolute atomic E-state index is 13.8. The van der Waals surface area contributed by atoms with Crippen LogP contribution >= 0.6 is 0 Å². The molecule has 0 radical (unpaired) electrons. The molecule has 0 spiro atoms. The normalized spacial score (nSPS) is 12.6. The van der Waals surface area contributed by atoms with E-state index in [1.165, 1.54) is 6.92 Å². The number of carbonyl (C=O) groups excluding carboxylic acids is 2. The molecule has 0 aliphatic carbocycles. The molecule has 0 saturated heterocycles. The highest BCUT2D eigenvalue weighted by Gasteiger charge is 2.42. The van der Waals surface area contributed by atoms with Crippen LogP contribution in [0, 0.1) is 0 Å². The van der Waals surface area contributed by atoms with Crippen molar-refractivity contribution in [2.24, 2.45) is 0 Å². The zero-order chi connectivity index (χ0) is 24.1. The predicted molar refractivity (Wildman–Crippen MR) is 136 cm³/mol. The van der Waals surface area contributed by atoms with E-state index >= 15 is 0 Å². The summed E-state index contributed by atoms with van der Waals surface area (Å²) in [6, 6.07) is 30.0. The quantitative estimate of drug-likeness (QED) is 0.404. The summed E-state index contributed by atoms with van der Waals surface area (Å²) >= 11 is 0. The molecule has 4 aromatic carbocycles. The standard InChI is InChI=1S/C29H28N2O3/c1-21(32)31(27-14-8-12-24-11-6-7-13-26(24)27)29(2,19-22-15-17-25(33)18-16-22)28(34)30-20-23-9-4-3-5-10-23/h3-18,33H,19-20H2,1-2H3,(H,30,34). The van der Waals surface area contributed by atoms with Crippen LogP contribution in [-0.2, 0) is 22.6 Å². The van der Waals surface area contributed by atoms with Crippen LogP contribution in [0.25, 0.3) is 10.8 Å². The molecule has 4 aromatic rings. The van der Waals surface area contributed by atoms with Gasteiger partial charge < -0.3 is 10.4 Å². The summed E-state index contributed by atoms with van der Waals surface area (Å²) < 4.78 is 0. The SMILES string of the molecule is CC(=O)N(c1cccc2ccccc12)C(C)(Cc1ccc(O)cc1)C(=O)NCc1ccccc1. The van der Waals surface area contributed by atoms with Crippen LogP contribution < -0.4 is 10.2 Å². The second kappa shape index (κ2) is 9.79. The van der Waals surface area contributed by atoms with Gasteiger partial charge in [0.05, 0.1) is 5.69 Å². The van der Waals surface area contributed by atoms with Crippen molar-refractivity contribution in [3.05, 3.63) is 108 Å². The molecular weight excluding hydrogens is 424 g/mol. The number of fused-ring (bicyclic) bond motifs is 1. The van der Waals surface area contributed by atoms with Crippen molar-refractivity contribution < 1.29 is 14.7 Å². The lowest BCUT2D eigenvalue weighted by Crippen LogP contribution is -2.60. The zero-order valence-electron chi connectivity index (χ0n) is 19.4. The van der Waals surface area contributed by atoms with Crippen LogP contribution in [0.4, 0.5) is 5.69 Å². The molecule has 0 bridgehead atoms. The van der Waals surface area contributed by atoms with Crippen LogP contribution in [0.2, 0.25) is 0 Å². The first-order chi connectivity index (χ1) is 16.4. The van der Waals surface area contributed by atoms with Crippen LogP contribution in [0.3, 0.4) is 0 Å². The van der Waals surface area contributed by atoms with Crippen molar-refractivity contribution in [2.75, 3.05) is 4.90 Å². The lowest BCUT2D eigenvalue weighted by atomic mass is 9.88. The number of hydrogen-bond donors (Lipinski definition) is 2. The Morgan fingerprint density at radius 3 is 2.18 bits per heavy atom. The average Bonchev–Trinajstić information content (AvgIpc) is 2.84. The van der Waals surface area contributed by atoms with E-state index in [0.29, 0.717) is 12.2 Å². The third-order valence-corrected chi connectivity index (χ3v) is 6.09. The molecule has 0 aliphatic rings. The minimum Gasteiger partial charge on any atom is -0.508 e. The van der Waals surface area contributed by atoms with Gasteiger partial charge in [-0.15, -0.1) is 0 Å². The molecule has 1 unspecified atom stereocenters. The highest BCUT2D eigenvalue weighted by atomic mass is 16.3. The number of hydrogen-bond acceptors (Lipinski definition) is 3. The van der Waals surface area contributed by atoms with E-state index in [2.05, 4.69) is 5.32 Å². The average molecular weight is 453 g/mol. The topological polar surface area (TPSA) is 69.6 Å². The Hall–Kier alpha value is -4.12. The van der Waals surface area contributed by atoms with Crippen LogP contribution in [-0.4, -0.2) is 22.5 Å². The van der Waals surface area contributed by atoms with Crippen LogP contribution in [0.5, 0.6) is 5.75 Å². The van der Waals surface area contributed by atoms with E-state index < -0.39 is 5.54 Å². The molecule has 5 heteroatoms. The molecule has 172 valence electrons. The number of benzene rings is 4. The highest BCUT2D eigenvalue weighted by Crippen LogP contribution is 2.34. The van der Waals surface area contributed by atoms with E-state index in [0.717, 1.165) is 21.9 Å². The number of anilines is 1. The summed E-state index contributed by atoms with van der Waals surface area (Å²) in [5, 5.41) is 14.7. The first-order valence-electron chi connectivity index (χ1n) is 11.3. The Balaban J connectivity index is 1.79. The molecule has 1 atom stereocenters. The summed E-state index contributed by atoms with van der Waals surface area (Å²) in [4.78, 5) is 28.6. The number of rotatable bonds is 7. The van der Waals surface area contributed by atoms with Crippen molar-refractivity contribution in [3.8, 4) is 5.75 Å². The third kappa shape index (κ3) is 4.79. The van der Waals surface area contributed by atoms with Gasteiger partial charge in [-0.3, -0.25) is 14.5 Å². The number of carbonyl (C=O) groups is 2. The third-order valence-electron chi connectivity index (χ3n) is 6.09. The summed E-state index contributed by atoms with van der Waals surface area (Å²) in [6.07, 6.45) is 0.275. The van der Waals surface area contributed by atoms with Crippen LogP contribution in [0.1, 0.15) is 25.0 Å². The number of nitrogens with zero attached hydrogens (tertiary/aromatic N) is 1. The molecular formula is C29H28N2O3. The van der Waals surface area contributed by atoms with Gasteiger partial charge in [-0.25, -0.2) is 0 Å². The first-order valence-corrected chi connectivity index (χ1v) is 11.3. The zero-order valence-corrected chi connectivity index (χ0v) is 19.4. The first kappa shape index (κ1) is 23.1. The minimum atomic E-state index is -1.22. The number of aromatic hydroxyl groups is 1. The fourth-order valence-corrected chi connectivity index (χ4v) is 4.43. The summed E-state index contributed by atoms with van der Waals surface area (Å²) in [7, 11) is 0. The monoisotopic (exact) mass is 452 g/mol. The molecule has 2 amide bonds. The maximum atomic E-state index is 13.8. The Kier molecular flexibility index (Phi) is 6.64. The van der Waals surface area contributed by atoms with E-state index in [1.54, 1.807) is 36.1 Å². The van der Waals surface area contributed by atoms with Crippen molar-refractivity contribution >= 4 is 28.3 Å². The van der Waals surface area contributed by atoms with Crippen molar-refractivity contribution in [1.82, 2.24) is 5.32 Å². The van der Waals surface area contributed by atoms with Gasteiger partial charge in [0.1, 0.15) is 11.3 Å². The van der Waals surface area contributed by atoms with E-state index in [9.17, 15) is 14.7 Å². The molecule has 2 N–H and O–H groups in total. The second-order valence-electron chi connectivity index (χ2n) is 8.64. The summed E-state index contributed by atoms with van der Waals surface area (Å²) in [5.41, 5.74) is 1.27. The second-order valence-corrected chi connectivity index (χ2v) is 8.64. The molecule has 0 aromatic heterocycles. The minimum absolute atomic E-state index is 0.149. The number of nitrogens with one attached hydrogen (secondary N) is 1. The Morgan fingerprint density at radius 1 is 0.824 bits per heavy atom. The van der Waals surface area contributed by atoms with Crippen molar-refractivity contribution in [2.45, 2.75) is 32.4 Å². The largest absolute Gasteiger partial charge is 0.508 e. The van der Waals surface area contributed by atoms with Gasteiger partial charge in [-0.2, -0.15) is 0 Å². The Morgan fingerprint density at radius 2 is 1.47 bits per heavy atom. The molecule has 0 fully saturated rings. The molecule has 0 aliphatic heterocycles. The maximum Gasteiger partial charge on any atom is 0.246 e. The van der Waals surface area contributed by atoms with Crippen LogP contribution in [0.15, 0.2) is 97.1 Å². The lowest BCUT2D eigenvalue weighted by molar-refractivity contribution is -0.129. The molecule has 4 rings (SSSR count). The van der Waals surface area contributed by atoms with Gasteiger partial charge >= 0.3 is 0 Å². The molecule has 34 heavy (non-hydrogen) atoms. The fraction of sp³-hybridized carbons (Fsp3) is 0.172. The molecule has 0 saturated carbocycles. The van der Waals surface area contributed by atoms with E-state index in [-0.39, 0.29) is 24.0 Å². The van der Waals surface area contributed by atoms with Gasteiger partial charge in [-0.05, 0) is 41.6 Å². The number of amides is 2. The van der Waals surface area contributed by atoms with Gasteiger partial charge in [0, 0.05) is 25.3 Å². The van der Waals surface area contributed by atoms with Gasteiger partial charge in [-0.1, -0.05) is 78.9 Å². The molecule has 0 heterocycles. The fourth-order valence-electron chi connectivity index (χ4n) is 4.43. The van der Waals surface area contributed by atoms with Crippen molar-refractivity contribution in [1.29, 1.82) is 0 Å². The summed E-state index contributed by atoms with van der Waals surface area (Å²) in [6.45, 7) is 3.64. The van der Waals surface area contributed by atoms with E-state index in [1.807, 2.05) is 72.8 Å². The lowest BCUT2D eigenvalue weighted by Gasteiger charge is -2.40. The number of phenols is 1. The molecule has 5 nitrogen and oxygen atoms in total. The van der Waals surface area contributed by atoms with Gasteiger partial charge in [0.25, 0.3) is 0 Å². The smallest absolute Gasteiger partial charge is 0.246 e. The number of phenolic OH excluding ortho intramolecular Hbond substituents is 1. The predicted octanol–water partition coefficient (Wildman–Crippen LogP) is 5.22. The van der Waals surface area contributed by atoms with E-state index in [4.69, 9.17) is 0 Å². The Bertz CT molecular complexity index is 1300. The Labute approximate surface area is 199 Å². The highest BCUT2D eigenvalue weighted by molar-refractivity contribution is 6.08. The van der Waals surface area contributed by atoms with Crippen molar-refractivity contribution in [3.63, 3.8) is 0 Å². The van der Waals surface area contributed by atoms with Gasteiger partial charge in [0.15, 0.2) is 0 Å².